The van der Waals surface area contributed by atoms with Gasteiger partial charge in [-0.25, -0.2) is 0 Å². The van der Waals surface area contributed by atoms with E-state index in [1.54, 1.807) is 0 Å². The van der Waals surface area contributed by atoms with Crippen LogP contribution in [-0.4, -0.2) is 6.61 Å². The lowest BCUT2D eigenvalue weighted by Crippen LogP contribution is -2.25. The van der Waals surface area contributed by atoms with Crippen LogP contribution in [0.2, 0.25) is 0 Å². The summed E-state index contributed by atoms with van der Waals surface area (Å²) in [6.07, 6.45) is 23.8. The highest BCUT2D eigenvalue weighted by atomic mass is 16.5. The van der Waals surface area contributed by atoms with Crippen LogP contribution >= 0.6 is 0 Å². The van der Waals surface area contributed by atoms with Crippen molar-refractivity contribution in [1.29, 1.82) is 0 Å². The maximum absolute atomic E-state index is 5.82. The lowest BCUT2D eigenvalue weighted by atomic mass is 9.69. The van der Waals surface area contributed by atoms with Gasteiger partial charge < -0.3 is 4.74 Å². The summed E-state index contributed by atoms with van der Waals surface area (Å²) in [4.78, 5) is 0. The average Bonchev–Trinajstić information content (AvgIpc) is 2.87. The highest BCUT2D eigenvalue weighted by Crippen LogP contribution is 2.42. The van der Waals surface area contributed by atoms with E-state index in [9.17, 15) is 0 Å². The third-order valence-corrected chi connectivity index (χ3v) is 8.34. The van der Waals surface area contributed by atoms with Gasteiger partial charge in [-0.15, -0.1) is 0 Å². The van der Waals surface area contributed by atoms with Gasteiger partial charge in [-0.05, 0) is 87.0 Å². The SMILES string of the molecule is CCCCCCCC1CCC(C2CCC(C#Cc3ccc(OCCCCC)cc3)CC2)CC1. The van der Waals surface area contributed by atoms with Crippen LogP contribution in [-0.2, 0) is 0 Å². The molecule has 0 aromatic heterocycles. The molecule has 0 amide bonds. The molecule has 0 N–H and O–H groups in total. The summed E-state index contributed by atoms with van der Waals surface area (Å²) in [6, 6.07) is 8.40. The number of hydrogen-bond donors (Lipinski definition) is 0. The number of benzene rings is 1. The molecule has 0 radical (unpaired) electrons. The van der Waals surface area contributed by atoms with E-state index in [0.29, 0.717) is 5.92 Å². The Morgan fingerprint density at radius 2 is 1.30 bits per heavy atom. The van der Waals surface area contributed by atoms with Crippen LogP contribution in [0.5, 0.6) is 5.75 Å². The molecule has 0 bridgehead atoms. The molecule has 0 saturated heterocycles. The van der Waals surface area contributed by atoms with Crippen molar-refractivity contribution in [3.8, 4) is 17.6 Å². The third kappa shape index (κ3) is 9.76. The minimum Gasteiger partial charge on any atom is -0.494 e. The van der Waals surface area contributed by atoms with Crippen molar-refractivity contribution in [3.63, 3.8) is 0 Å². The van der Waals surface area contributed by atoms with E-state index in [4.69, 9.17) is 4.74 Å². The molecule has 0 spiro atoms. The van der Waals surface area contributed by atoms with Gasteiger partial charge in [-0.3, -0.25) is 0 Å². The van der Waals surface area contributed by atoms with Crippen molar-refractivity contribution in [2.24, 2.45) is 23.7 Å². The highest BCUT2D eigenvalue weighted by Gasteiger charge is 2.30. The van der Waals surface area contributed by atoms with Crippen LogP contribution in [0.25, 0.3) is 0 Å². The van der Waals surface area contributed by atoms with Gasteiger partial charge in [0.1, 0.15) is 5.75 Å². The summed E-state index contributed by atoms with van der Waals surface area (Å²) in [5.74, 6) is 11.7. The average molecular weight is 451 g/mol. The lowest BCUT2D eigenvalue weighted by molar-refractivity contribution is 0.153. The van der Waals surface area contributed by atoms with E-state index in [1.165, 1.54) is 103 Å². The number of hydrogen-bond acceptors (Lipinski definition) is 1. The van der Waals surface area contributed by atoms with E-state index >= 15 is 0 Å². The maximum atomic E-state index is 5.82. The Balaban J connectivity index is 1.31. The fourth-order valence-corrected chi connectivity index (χ4v) is 6.08. The minimum absolute atomic E-state index is 0.602. The molecule has 33 heavy (non-hydrogen) atoms. The molecular weight excluding hydrogens is 400 g/mol. The third-order valence-electron chi connectivity index (χ3n) is 8.34. The molecule has 184 valence electrons. The van der Waals surface area contributed by atoms with E-state index in [1.807, 2.05) is 0 Å². The monoisotopic (exact) mass is 450 g/mol. The smallest absolute Gasteiger partial charge is 0.119 e. The largest absolute Gasteiger partial charge is 0.494 e. The summed E-state index contributed by atoms with van der Waals surface area (Å²) in [7, 11) is 0. The Morgan fingerprint density at radius 3 is 1.97 bits per heavy atom. The van der Waals surface area contributed by atoms with Gasteiger partial charge in [-0.1, -0.05) is 89.9 Å². The first-order valence-electron chi connectivity index (χ1n) is 14.5. The van der Waals surface area contributed by atoms with Crippen molar-refractivity contribution < 1.29 is 4.74 Å². The molecule has 1 heteroatoms. The maximum Gasteiger partial charge on any atom is 0.119 e. The Bertz CT molecular complexity index is 677. The van der Waals surface area contributed by atoms with Crippen LogP contribution in [0.3, 0.4) is 0 Å². The normalized spacial score (nSPS) is 25.3. The predicted molar refractivity (Wildman–Crippen MR) is 143 cm³/mol. The minimum atomic E-state index is 0.602. The van der Waals surface area contributed by atoms with E-state index in [2.05, 4.69) is 50.0 Å². The fraction of sp³-hybridized carbons (Fsp3) is 0.750. The van der Waals surface area contributed by atoms with E-state index in [0.717, 1.165) is 42.1 Å². The second kappa shape index (κ2) is 15.5. The molecule has 0 unspecified atom stereocenters. The van der Waals surface area contributed by atoms with Gasteiger partial charge in [0, 0.05) is 11.5 Å². The first-order valence-corrected chi connectivity index (χ1v) is 14.5. The van der Waals surface area contributed by atoms with Gasteiger partial charge >= 0.3 is 0 Å². The zero-order valence-electron chi connectivity index (χ0n) is 21.8. The second-order valence-electron chi connectivity index (χ2n) is 10.9. The van der Waals surface area contributed by atoms with Gasteiger partial charge in [0.25, 0.3) is 0 Å². The number of rotatable bonds is 12. The molecule has 1 aromatic rings. The molecule has 0 heterocycles. The van der Waals surface area contributed by atoms with Crippen LogP contribution in [0.4, 0.5) is 0 Å². The summed E-state index contributed by atoms with van der Waals surface area (Å²) in [5.41, 5.74) is 1.13. The summed E-state index contributed by atoms with van der Waals surface area (Å²) in [5, 5.41) is 0. The summed E-state index contributed by atoms with van der Waals surface area (Å²) < 4.78 is 5.82. The van der Waals surface area contributed by atoms with Crippen molar-refractivity contribution in [3.05, 3.63) is 29.8 Å². The summed E-state index contributed by atoms with van der Waals surface area (Å²) >= 11 is 0. The van der Waals surface area contributed by atoms with Gasteiger partial charge in [-0.2, -0.15) is 0 Å². The first-order chi connectivity index (χ1) is 16.3. The Hall–Kier alpha value is -1.42. The molecule has 2 fully saturated rings. The van der Waals surface area contributed by atoms with Crippen LogP contribution < -0.4 is 4.74 Å². The Kier molecular flexibility index (Phi) is 12.3. The summed E-state index contributed by atoms with van der Waals surface area (Å²) in [6.45, 7) is 5.36. The number of ether oxygens (including phenoxy) is 1. The van der Waals surface area contributed by atoms with E-state index in [-0.39, 0.29) is 0 Å². The van der Waals surface area contributed by atoms with Crippen molar-refractivity contribution in [2.45, 2.75) is 123 Å². The zero-order valence-corrected chi connectivity index (χ0v) is 21.8. The molecule has 2 aliphatic rings. The molecule has 0 atom stereocenters. The van der Waals surface area contributed by atoms with Crippen molar-refractivity contribution >= 4 is 0 Å². The molecule has 2 aliphatic carbocycles. The van der Waals surface area contributed by atoms with Crippen LogP contribution in [0.1, 0.15) is 129 Å². The lowest BCUT2D eigenvalue weighted by Gasteiger charge is -2.37. The Labute approximate surface area is 205 Å². The zero-order chi connectivity index (χ0) is 23.1. The standard InChI is InChI=1S/C32H50O/c1-3-5-7-8-9-11-27-14-20-30(21-15-27)31-22-16-28(17-23-31)12-13-29-18-24-32(25-19-29)33-26-10-6-4-2/h18-19,24-25,27-28,30-31H,3-11,14-17,20-23,26H2,1-2H3. The Morgan fingerprint density at radius 1 is 0.697 bits per heavy atom. The van der Waals surface area contributed by atoms with E-state index < -0.39 is 0 Å². The molecule has 0 aliphatic heterocycles. The first kappa shape index (κ1) is 26.2. The molecule has 3 rings (SSSR count). The molecule has 1 aromatic carbocycles. The van der Waals surface area contributed by atoms with Crippen LogP contribution in [0, 0.1) is 35.5 Å². The molecular formula is C32H50O. The molecule has 1 nitrogen and oxygen atoms in total. The van der Waals surface area contributed by atoms with Gasteiger partial charge in [0.15, 0.2) is 0 Å². The predicted octanol–water partition coefficient (Wildman–Crippen LogP) is 9.58. The quantitative estimate of drug-likeness (QED) is 0.227. The van der Waals surface area contributed by atoms with Crippen molar-refractivity contribution in [1.82, 2.24) is 0 Å². The fourth-order valence-electron chi connectivity index (χ4n) is 6.08. The molecule has 2 saturated carbocycles. The topological polar surface area (TPSA) is 9.23 Å². The van der Waals surface area contributed by atoms with Gasteiger partial charge in [0.05, 0.1) is 6.61 Å². The second-order valence-corrected chi connectivity index (χ2v) is 10.9. The van der Waals surface area contributed by atoms with Gasteiger partial charge in [0.2, 0.25) is 0 Å². The number of unbranched alkanes of at least 4 members (excludes halogenated alkanes) is 6. The highest BCUT2D eigenvalue weighted by molar-refractivity contribution is 5.38. The van der Waals surface area contributed by atoms with Crippen LogP contribution in [0.15, 0.2) is 24.3 Å². The van der Waals surface area contributed by atoms with Crippen molar-refractivity contribution in [2.75, 3.05) is 6.61 Å².